The second kappa shape index (κ2) is 5.80. The fourth-order valence-electron chi connectivity index (χ4n) is 1.19. The highest BCUT2D eigenvalue weighted by Crippen LogP contribution is 2.20. The lowest BCUT2D eigenvalue weighted by atomic mass is 10.1. The molecule has 0 saturated carbocycles. The lowest BCUT2D eigenvalue weighted by molar-refractivity contribution is -0.139. The van der Waals surface area contributed by atoms with Crippen LogP contribution in [0.5, 0.6) is 5.75 Å². The first-order chi connectivity index (χ1) is 7.67. The van der Waals surface area contributed by atoms with Gasteiger partial charge in [0.25, 0.3) is 0 Å². The molecule has 0 bridgehead atoms. The monoisotopic (exact) mass is 221 g/mol. The zero-order chi connectivity index (χ0) is 12.0. The number of benzene rings is 1. The van der Waals surface area contributed by atoms with Crippen molar-refractivity contribution in [3.8, 4) is 5.75 Å². The third-order valence-electron chi connectivity index (χ3n) is 2.10. The Morgan fingerprint density at radius 2 is 2.19 bits per heavy atom. The topological polar surface area (TPSA) is 61.5 Å². The van der Waals surface area contributed by atoms with E-state index in [1.54, 1.807) is 31.4 Å². The van der Waals surface area contributed by atoms with Crippen LogP contribution in [0, 0.1) is 0 Å². The number of hydrogen-bond acceptors (Lipinski definition) is 4. The molecule has 2 N–H and O–H groups in total. The summed E-state index contributed by atoms with van der Waals surface area (Å²) in [5.41, 5.74) is 7.23. The van der Waals surface area contributed by atoms with Crippen LogP contribution in [0.4, 0.5) is 5.69 Å². The second-order valence-electron chi connectivity index (χ2n) is 3.18. The number of anilines is 1. The van der Waals surface area contributed by atoms with Crippen LogP contribution in [-0.2, 0) is 9.53 Å². The molecule has 0 fully saturated rings. The zero-order valence-electron chi connectivity index (χ0n) is 9.40. The Kier molecular flexibility index (Phi) is 4.39. The molecule has 4 nitrogen and oxygen atoms in total. The number of carbonyl (C=O) groups is 1. The molecule has 0 amide bonds. The van der Waals surface area contributed by atoms with Gasteiger partial charge < -0.3 is 15.2 Å². The van der Waals surface area contributed by atoms with Crippen molar-refractivity contribution in [2.24, 2.45) is 0 Å². The molecule has 0 aliphatic rings. The van der Waals surface area contributed by atoms with Gasteiger partial charge in [0.05, 0.1) is 20.6 Å². The van der Waals surface area contributed by atoms with Gasteiger partial charge in [0.15, 0.2) is 0 Å². The molecule has 1 aromatic carbocycles. The van der Waals surface area contributed by atoms with Gasteiger partial charge in [0.2, 0.25) is 0 Å². The van der Waals surface area contributed by atoms with Gasteiger partial charge in [-0.25, -0.2) is 0 Å². The molecule has 16 heavy (non-hydrogen) atoms. The van der Waals surface area contributed by atoms with Gasteiger partial charge >= 0.3 is 5.97 Å². The minimum Gasteiger partial charge on any atom is -0.497 e. The number of hydrogen-bond donors (Lipinski definition) is 1. The number of ether oxygens (including phenoxy) is 2. The molecule has 0 unspecified atom stereocenters. The first-order valence-corrected chi connectivity index (χ1v) is 4.84. The summed E-state index contributed by atoms with van der Waals surface area (Å²) in [4.78, 5) is 10.9. The average molecular weight is 221 g/mol. The Hall–Kier alpha value is -1.97. The van der Waals surface area contributed by atoms with E-state index in [2.05, 4.69) is 4.74 Å². The predicted octanol–water partition coefficient (Wildman–Crippen LogP) is 1.85. The lowest BCUT2D eigenvalue weighted by Gasteiger charge is -2.04. The van der Waals surface area contributed by atoms with Gasteiger partial charge in [-0.2, -0.15) is 0 Å². The van der Waals surface area contributed by atoms with Crippen molar-refractivity contribution < 1.29 is 14.3 Å². The number of nitrogens with two attached hydrogens (primary N) is 1. The van der Waals surface area contributed by atoms with Gasteiger partial charge in [-0.3, -0.25) is 4.79 Å². The standard InChI is InChI=1S/C12H15NO3/c1-15-10-6-7-11(13)9(8-10)4-3-5-12(14)16-2/h3-4,6-8H,5,13H2,1-2H3. The van der Waals surface area contributed by atoms with E-state index >= 15 is 0 Å². The summed E-state index contributed by atoms with van der Waals surface area (Å²) >= 11 is 0. The molecule has 0 aliphatic carbocycles. The molecule has 0 atom stereocenters. The van der Waals surface area contributed by atoms with Gasteiger partial charge in [-0.1, -0.05) is 12.2 Å². The van der Waals surface area contributed by atoms with Crippen LogP contribution < -0.4 is 10.5 Å². The van der Waals surface area contributed by atoms with E-state index in [4.69, 9.17) is 10.5 Å². The molecule has 0 radical (unpaired) electrons. The average Bonchev–Trinajstić information content (AvgIpc) is 2.31. The highest BCUT2D eigenvalue weighted by molar-refractivity contribution is 5.74. The van der Waals surface area contributed by atoms with E-state index in [0.717, 1.165) is 11.3 Å². The normalized spacial score (nSPS) is 10.4. The second-order valence-corrected chi connectivity index (χ2v) is 3.18. The van der Waals surface area contributed by atoms with Gasteiger partial charge in [0, 0.05) is 11.3 Å². The fourth-order valence-corrected chi connectivity index (χ4v) is 1.19. The van der Waals surface area contributed by atoms with E-state index in [1.165, 1.54) is 7.11 Å². The number of carbonyl (C=O) groups excluding carboxylic acids is 1. The Labute approximate surface area is 94.7 Å². The summed E-state index contributed by atoms with van der Waals surface area (Å²) in [5.74, 6) is 0.449. The van der Waals surface area contributed by atoms with E-state index < -0.39 is 0 Å². The van der Waals surface area contributed by atoms with Crippen LogP contribution in [0.1, 0.15) is 12.0 Å². The van der Waals surface area contributed by atoms with Crippen molar-refractivity contribution in [2.75, 3.05) is 20.0 Å². The molecule has 0 aromatic heterocycles. The van der Waals surface area contributed by atoms with Crippen molar-refractivity contribution in [2.45, 2.75) is 6.42 Å². The number of methoxy groups -OCH3 is 2. The predicted molar refractivity (Wildman–Crippen MR) is 63.1 cm³/mol. The first kappa shape index (κ1) is 12.1. The largest absolute Gasteiger partial charge is 0.497 e. The van der Waals surface area contributed by atoms with Crippen molar-refractivity contribution in [1.82, 2.24) is 0 Å². The summed E-state index contributed by atoms with van der Waals surface area (Å²) < 4.78 is 9.59. The van der Waals surface area contributed by atoms with Gasteiger partial charge in [-0.15, -0.1) is 0 Å². The summed E-state index contributed by atoms with van der Waals surface area (Å²) in [6.07, 6.45) is 3.71. The van der Waals surface area contributed by atoms with Crippen LogP contribution in [0.3, 0.4) is 0 Å². The SMILES string of the molecule is COC(=O)CC=Cc1cc(OC)ccc1N. The first-order valence-electron chi connectivity index (χ1n) is 4.84. The Balaban J connectivity index is 2.75. The molecule has 1 rings (SSSR count). The Morgan fingerprint density at radius 3 is 2.81 bits per heavy atom. The lowest BCUT2D eigenvalue weighted by Crippen LogP contribution is -1.97. The Morgan fingerprint density at radius 1 is 1.44 bits per heavy atom. The Bertz CT molecular complexity index is 399. The van der Waals surface area contributed by atoms with E-state index in [9.17, 15) is 4.79 Å². The summed E-state index contributed by atoms with van der Waals surface area (Å²) in [6, 6.07) is 5.35. The van der Waals surface area contributed by atoms with Crippen molar-refractivity contribution in [3.05, 3.63) is 29.8 Å². The zero-order valence-corrected chi connectivity index (χ0v) is 9.40. The third-order valence-corrected chi connectivity index (χ3v) is 2.10. The maximum absolute atomic E-state index is 10.9. The minimum atomic E-state index is -0.280. The maximum Gasteiger partial charge on any atom is 0.309 e. The molecular weight excluding hydrogens is 206 g/mol. The van der Waals surface area contributed by atoms with E-state index in [0.29, 0.717) is 5.69 Å². The smallest absolute Gasteiger partial charge is 0.309 e. The number of esters is 1. The highest BCUT2D eigenvalue weighted by Gasteiger charge is 1.99. The molecule has 0 aliphatic heterocycles. The molecule has 1 aromatic rings. The molecule has 0 saturated heterocycles. The van der Waals surface area contributed by atoms with Gasteiger partial charge in [-0.05, 0) is 18.2 Å². The van der Waals surface area contributed by atoms with Crippen LogP contribution in [0.15, 0.2) is 24.3 Å². The van der Waals surface area contributed by atoms with Crippen molar-refractivity contribution in [3.63, 3.8) is 0 Å². The fraction of sp³-hybridized carbons (Fsp3) is 0.250. The molecule has 86 valence electrons. The van der Waals surface area contributed by atoms with Crippen molar-refractivity contribution >= 4 is 17.7 Å². The van der Waals surface area contributed by atoms with Gasteiger partial charge in [0.1, 0.15) is 5.75 Å². The quantitative estimate of drug-likeness (QED) is 0.622. The third kappa shape index (κ3) is 3.31. The van der Waals surface area contributed by atoms with E-state index in [1.807, 2.05) is 6.07 Å². The summed E-state index contributed by atoms with van der Waals surface area (Å²) in [7, 11) is 2.95. The van der Waals surface area contributed by atoms with Crippen LogP contribution in [-0.4, -0.2) is 20.2 Å². The highest BCUT2D eigenvalue weighted by atomic mass is 16.5. The number of nitrogen functional groups attached to an aromatic ring is 1. The molecule has 4 heteroatoms. The van der Waals surface area contributed by atoms with Crippen LogP contribution in [0.25, 0.3) is 6.08 Å². The van der Waals surface area contributed by atoms with Crippen LogP contribution >= 0.6 is 0 Å². The summed E-state index contributed by atoms with van der Waals surface area (Å²) in [6.45, 7) is 0. The molecular formula is C12H15NO3. The minimum absolute atomic E-state index is 0.229. The van der Waals surface area contributed by atoms with Crippen LogP contribution in [0.2, 0.25) is 0 Å². The number of rotatable bonds is 4. The van der Waals surface area contributed by atoms with E-state index in [-0.39, 0.29) is 12.4 Å². The maximum atomic E-state index is 10.9. The molecule has 0 heterocycles. The summed E-state index contributed by atoms with van der Waals surface area (Å²) in [5, 5.41) is 0. The molecule has 0 spiro atoms. The van der Waals surface area contributed by atoms with Crippen molar-refractivity contribution in [1.29, 1.82) is 0 Å².